The topological polar surface area (TPSA) is 54.0 Å². The van der Waals surface area contributed by atoms with Gasteiger partial charge in [-0.05, 0) is 36.6 Å². The van der Waals surface area contributed by atoms with E-state index in [1.807, 2.05) is 73.7 Å². The molecule has 0 saturated carbocycles. The molecule has 126 valence electrons. The summed E-state index contributed by atoms with van der Waals surface area (Å²) >= 11 is 0. The molecule has 0 aliphatic heterocycles. The highest BCUT2D eigenvalue weighted by Gasteiger charge is 2.06. The Morgan fingerprint density at radius 2 is 1.68 bits per heavy atom. The zero-order valence-corrected chi connectivity index (χ0v) is 14.2. The second-order valence-electron chi connectivity index (χ2n) is 5.84. The standard InChI is InChI=1S/C21H21N3O/c1-16-8-5-6-11-18(16)19-12-7-13-20(23-19)24-21(25)22-15-14-17-9-3-2-4-10-17/h2-13H,14-15H2,1H3,(H2,22,23,24,25). The molecule has 25 heavy (non-hydrogen) atoms. The average molecular weight is 331 g/mol. The number of aryl methyl sites for hydroxylation is 1. The third-order valence-electron chi connectivity index (χ3n) is 3.95. The number of amides is 2. The number of anilines is 1. The lowest BCUT2D eigenvalue weighted by Crippen LogP contribution is -2.30. The molecular formula is C21H21N3O. The summed E-state index contributed by atoms with van der Waals surface area (Å²) in [4.78, 5) is 16.6. The lowest BCUT2D eigenvalue weighted by molar-refractivity contribution is 0.252. The number of hydrogen-bond donors (Lipinski definition) is 2. The number of carbonyl (C=O) groups excluding carboxylic acids is 1. The van der Waals surface area contributed by atoms with Gasteiger partial charge in [0.1, 0.15) is 5.82 Å². The summed E-state index contributed by atoms with van der Waals surface area (Å²) < 4.78 is 0. The first-order valence-corrected chi connectivity index (χ1v) is 8.34. The number of aromatic nitrogens is 1. The van der Waals surface area contributed by atoms with Crippen LogP contribution in [0.1, 0.15) is 11.1 Å². The Morgan fingerprint density at radius 3 is 2.48 bits per heavy atom. The Morgan fingerprint density at radius 1 is 0.920 bits per heavy atom. The van der Waals surface area contributed by atoms with Crippen LogP contribution in [0.25, 0.3) is 11.3 Å². The summed E-state index contributed by atoms with van der Waals surface area (Å²) in [7, 11) is 0. The van der Waals surface area contributed by atoms with Gasteiger partial charge in [0.25, 0.3) is 0 Å². The van der Waals surface area contributed by atoms with Gasteiger partial charge in [-0.3, -0.25) is 5.32 Å². The molecule has 0 bridgehead atoms. The highest BCUT2D eigenvalue weighted by Crippen LogP contribution is 2.22. The third kappa shape index (κ3) is 4.67. The van der Waals surface area contributed by atoms with Crippen molar-refractivity contribution in [3.8, 4) is 11.3 Å². The molecule has 0 unspecified atom stereocenters. The summed E-state index contributed by atoms with van der Waals surface area (Å²) in [5, 5.41) is 5.66. The summed E-state index contributed by atoms with van der Waals surface area (Å²) in [6.07, 6.45) is 0.797. The van der Waals surface area contributed by atoms with Crippen molar-refractivity contribution in [3.63, 3.8) is 0 Å². The molecule has 1 heterocycles. The summed E-state index contributed by atoms with van der Waals surface area (Å²) in [5.74, 6) is 0.540. The first-order valence-electron chi connectivity index (χ1n) is 8.34. The van der Waals surface area contributed by atoms with Crippen molar-refractivity contribution in [2.75, 3.05) is 11.9 Å². The highest BCUT2D eigenvalue weighted by atomic mass is 16.2. The van der Waals surface area contributed by atoms with Crippen LogP contribution < -0.4 is 10.6 Å². The van der Waals surface area contributed by atoms with E-state index in [1.54, 1.807) is 6.07 Å². The van der Waals surface area contributed by atoms with Crippen LogP contribution in [0.15, 0.2) is 72.8 Å². The minimum atomic E-state index is -0.245. The first-order chi connectivity index (χ1) is 12.2. The van der Waals surface area contributed by atoms with E-state index in [9.17, 15) is 4.79 Å². The Labute approximate surface area is 147 Å². The number of urea groups is 1. The van der Waals surface area contributed by atoms with E-state index in [2.05, 4.69) is 15.6 Å². The molecule has 3 rings (SSSR count). The normalized spacial score (nSPS) is 10.3. The zero-order valence-electron chi connectivity index (χ0n) is 14.2. The van der Waals surface area contributed by atoms with Gasteiger partial charge in [0.15, 0.2) is 0 Å². The number of carbonyl (C=O) groups is 1. The number of nitrogens with zero attached hydrogens (tertiary/aromatic N) is 1. The maximum absolute atomic E-state index is 12.1. The smallest absolute Gasteiger partial charge is 0.320 e. The number of pyridine rings is 1. The predicted octanol–water partition coefficient (Wildman–Crippen LogP) is 4.42. The molecule has 0 atom stereocenters. The van der Waals surface area contributed by atoms with Gasteiger partial charge >= 0.3 is 6.03 Å². The van der Waals surface area contributed by atoms with E-state index >= 15 is 0 Å². The van der Waals surface area contributed by atoms with Gasteiger partial charge in [-0.25, -0.2) is 9.78 Å². The van der Waals surface area contributed by atoms with Crippen molar-refractivity contribution < 1.29 is 4.79 Å². The van der Waals surface area contributed by atoms with Crippen LogP contribution in [0.5, 0.6) is 0 Å². The number of nitrogens with one attached hydrogen (secondary N) is 2. The van der Waals surface area contributed by atoms with E-state index in [4.69, 9.17) is 0 Å². The fourth-order valence-corrected chi connectivity index (χ4v) is 2.64. The van der Waals surface area contributed by atoms with Gasteiger partial charge in [0, 0.05) is 12.1 Å². The Balaban J connectivity index is 1.58. The number of hydrogen-bond acceptors (Lipinski definition) is 2. The number of benzene rings is 2. The molecule has 4 heteroatoms. The highest BCUT2D eigenvalue weighted by molar-refractivity contribution is 5.88. The van der Waals surface area contributed by atoms with E-state index in [0.717, 1.165) is 23.2 Å². The molecule has 2 amide bonds. The van der Waals surface area contributed by atoms with E-state index in [-0.39, 0.29) is 6.03 Å². The molecule has 2 N–H and O–H groups in total. The third-order valence-corrected chi connectivity index (χ3v) is 3.95. The van der Waals surface area contributed by atoms with Crippen molar-refractivity contribution in [1.29, 1.82) is 0 Å². The lowest BCUT2D eigenvalue weighted by atomic mass is 10.1. The Kier molecular flexibility index (Phi) is 5.42. The van der Waals surface area contributed by atoms with Gasteiger partial charge in [-0.2, -0.15) is 0 Å². The molecule has 0 radical (unpaired) electrons. The van der Waals surface area contributed by atoms with E-state index in [0.29, 0.717) is 12.4 Å². The van der Waals surface area contributed by atoms with Gasteiger partial charge in [-0.1, -0.05) is 60.7 Å². The molecule has 0 spiro atoms. The summed E-state index contributed by atoms with van der Waals surface area (Å²) in [5.41, 5.74) is 4.26. The fourth-order valence-electron chi connectivity index (χ4n) is 2.64. The molecule has 0 saturated heterocycles. The molecular weight excluding hydrogens is 310 g/mol. The molecule has 4 nitrogen and oxygen atoms in total. The predicted molar refractivity (Wildman–Crippen MR) is 102 cm³/mol. The SMILES string of the molecule is Cc1ccccc1-c1cccc(NC(=O)NCCc2ccccc2)n1. The van der Waals surface area contributed by atoms with Crippen LogP contribution in [-0.2, 0) is 6.42 Å². The van der Waals surface area contributed by atoms with Gasteiger partial charge in [0.05, 0.1) is 5.69 Å². The number of rotatable bonds is 5. The lowest BCUT2D eigenvalue weighted by Gasteiger charge is -2.09. The average Bonchev–Trinajstić information content (AvgIpc) is 2.63. The van der Waals surface area contributed by atoms with Crippen LogP contribution in [0.4, 0.5) is 10.6 Å². The quantitative estimate of drug-likeness (QED) is 0.727. The van der Waals surface area contributed by atoms with Crippen LogP contribution in [0, 0.1) is 6.92 Å². The maximum atomic E-state index is 12.1. The van der Waals surface area contributed by atoms with E-state index < -0.39 is 0 Å². The van der Waals surface area contributed by atoms with Gasteiger partial charge < -0.3 is 5.32 Å². The molecule has 0 fully saturated rings. The molecule has 1 aromatic heterocycles. The van der Waals surface area contributed by atoms with Gasteiger partial charge in [-0.15, -0.1) is 0 Å². The van der Waals surface area contributed by atoms with Crippen molar-refractivity contribution in [2.24, 2.45) is 0 Å². The maximum Gasteiger partial charge on any atom is 0.320 e. The van der Waals surface area contributed by atoms with E-state index in [1.165, 1.54) is 5.56 Å². The Bertz CT molecular complexity index is 847. The summed E-state index contributed by atoms with van der Waals surface area (Å²) in [6.45, 7) is 2.63. The second kappa shape index (κ2) is 8.11. The molecule has 2 aromatic carbocycles. The van der Waals surface area contributed by atoms with Crippen LogP contribution in [0.2, 0.25) is 0 Å². The first kappa shape index (κ1) is 16.7. The van der Waals surface area contributed by atoms with Gasteiger partial charge in [0.2, 0.25) is 0 Å². The minimum absolute atomic E-state index is 0.245. The second-order valence-corrected chi connectivity index (χ2v) is 5.84. The fraction of sp³-hybridized carbons (Fsp3) is 0.143. The monoisotopic (exact) mass is 331 g/mol. The van der Waals surface area contributed by atoms with Crippen molar-refractivity contribution in [3.05, 3.63) is 83.9 Å². The zero-order chi connectivity index (χ0) is 17.5. The van der Waals surface area contributed by atoms with Crippen molar-refractivity contribution in [2.45, 2.75) is 13.3 Å². The largest absolute Gasteiger partial charge is 0.337 e. The molecule has 0 aliphatic rings. The van der Waals surface area contributed by atoms with Crippen LogP contribution in [-0.4, -0.2) is 17.6 Å². The summed E-state index contributed by atoms with van der Waals surface area (Å²) in [6, 6.07) is 23.5. The van der Waals surface area contributed by atoms with Crippen molar-refractivity contribution in [1.82, 2.24) is 10.3 Å². The Hall–Kier alpha value is -3.14. The van der Waals surface area contributed by atoms with Crippen molar-refractivity contribution >= 4 is 11.8 Å². The minimum Gasteiger partial charge on any atom is -0.337 e. The van der Waals surface area contributed by atoms with Crippen LogP contribution in [0.3, 0.4) is 0 Å². The van der Waals surface area contributed by atoms with Crippen LogP contribution >= 0.6 is 0 Å². The molecule has 0 aliphatic carbocycles. The molecule has 3 aromatic rings.